The van der Waals surface area contributed by atoms with Gasteiger partial charge in [-0.3, -0.25) is 11.3 Å². The maximum Gasteiger partial charge on any atom is 0.0126 e. The molecule has 0 atom stereocenters. The minimum Gasteiger partial charge on any atom is -0.271 e. The number of nitrogens with one attached hydrogen (secondary N) is 1. The fourth-order valence-electron chi connectivity index (χ4n) is 2.23. The highest BCUT2D eigenvalue weighted by Crippen LogP contribution is 2.32. The van der Waals surface area contributed by atoms with Crippen molar-refractivity contribution < 1.29 is 0 Å². The van der Waals surface area contributed by atoms with E-state index in [2.05, 4.69) is 19.3 Å². The molecule has 1 aliphatic carbocycles. The Balaban J connectivity index is 2.20. The van der Waals surface area contributed by atoms with Gasteiger partial charge < -0.3 is 0 Å². The molecule has 0 unspecified atom stereocenters. The maximum absolute atomic E-state index is 5.30. The molecule has 0 heterocycles. The number of hydrogen-bond acceptors (Lipinski definition) is 2. The van der Waals surface area contributed by atoms with Crippen LogP contribution in [0.2, 0.25) is 0 Å². The summed E-state index contributed by atoms with van der Waals surface area (Å²) < 4.78 is 0. The van der Waals surface area contributed by atoms with Gasteiger partial charge in [0.2, 0.25) is 0 Å². The van der Waals surface area contributed by atoms with Crippen molar-refractivity contribution >= 4 is 0 Å². The minimum absolute atomic E-state index is 0.838. The van der Waals surface area contributed by atoms with E-state index in [9.17, 15) is 0 Å². The molecular formula is C10H22N2. The van der Waals surface area contributed by atoms with Crippen LogP contribution in [0.4, 0.5) is 0 Å². The van der Waals surface area contributed by atoms with Crippen molar-refractivity contribution in [1.29, 1.82) is 0 Å². The second-order valence-corrected chi connectivity index (χ2v) is 4.43. The average molecular weight is 170 g/mol. The van der Waals surface area contributed by atoms with Crippen molar-refractivity contribution in [3.05, 3.63) is 0 Å². The monoisotopic (exact) mass is 170 g/mol. The third kappa shape index (κ3) is 2.76. The van der Waals surface area contributed by atoms with Crippen LogP contribution in [0.3, 0.4) is 0 Å². The summed E-state index contributed by atoms with van der Waals surface area (Å²) in [5.74, 6) is 7.99. The molecule has 0 aliphatic heterocycles. The molecule has 0 aromatic heterocycles. The Labute approximate surface area is 75.9 Å². The summed E-state index contributed by atoms with van der Waals surface area (Å²) in [6, 6.07) is 0. The summed E-state index contributed by atoms with van der Waals surface area (Å²) in [5, 5.41) is 0. The van der Waals surface area contributed by atoms with Crippen LogP contribution < -0.4 is 11.3 Å². The van der Waals surface area contributed by atoms with Gasteiger partial charge in [0, 0.05) is 6.54 Å². The zero-order chi connectivity index (χ0) is 8.97. The van der Waals surface area contributed by atoms with Crippen LogP contribution in [0.5, 0.6) is 0 Å². The van der Waals surface area contributed by atoms with Crippen LogP contribution >= 0.6 is 0 Å². The summed E-state index contributed by atoms with van der Waals surface area (Å²) in [7, 11) is 0. The van der Waals surface area contributed by atoms with Gasteiger partial charge in [-0.1, -0.05) is 13.8 Å². The third-order valence-electron chi connectivity index (χ3n) is 3.24. The van der Waals surface area contributed by atoms with Crippen LogP contribution in [0.1, 0.15) is 39.5 Å². The molecule has 0 aromatic carbocycles. The lowest BCUT2D eigenvalue weighted by Crippen LogP contribution is -2.31. The molecule has 0 radical (unpaired) electrons. The van der Waals surface area contributed by atoms with Crippen LogP contribution in [-0.4, -0.2) is 6.54 Å². The van der Waals surface area contributed by atoms with E-state index in [0.717, 1.165) is 24.3 Å². The topological polar surface area (TPSA) is 38.0 Å². The molecule has 1 rings (SSSR count). The molecule has 1 aliphatic rings. The minimum atomic E-state index is 0.838. The summed E-state index contributed by atoms with van der Waals surface area (Å²) in [6.07, 6.45) is 5.55. The molecule has 0 amide bonds. The first-order valence-corrected chi connectivity index (χ1v) is 5.17. The summed E-state index contributed by atoms with van der Waals surface area (Å²) >= 11 is 0. The lowest BCUT2D eigenvalue weighted by molar-refractivity contribution is 0.221. The molecule has 2 nitrogen and oxygen atoms in total. The fraction of sp³-hybridized carbons (Fsp3) is 1.00. The third-order valence-corrected chi connectivity index (χ3v) is 3.24. The van der Waals surface area contributed by atoms with E-state index in [0.29, 0.717) is 0 Å². The molecule has 0 bridgehead atoms. The summed E-state index contributed by atoms with van der Waals surface area (Å²) in [4.78, 5) is 0. The highest BCUT2D eigenvalue weighted by molar-refractivity contribution is 4.74. The van der Waals surface area contributed by atoms with Crippen molar-refractivity contribution in [2.75, 3.05) is 6.54 Å². The van der Waals surface area contributed by atoms with Crippen molar-refractivity contribution in [2.45, 2.75) is 39.5 Å². The van der Waals surface area contributed by atoms with Gasteiger partial charge in [-0.25, -0.2) is 0 Å². The Morgan fingerprint density at radius 3 is 2.25 bits per heavy atom. The zero-order valence-electron chi connectivity index (χ0n) is 8.34. The van der Waals surface area contributed by atoms with E-state index in [1.54, 1.807) is 0 Å². The largest absolute Gasteiger partial charge is 0.271 e. The van der Waals surface area contributed by atoms with Gasteiger partial charge in [0.25, 0.3) is 0 Å². The second-order valence-electron chi connectivity index (χ2n) is 4.43. The zero-order valence-corrected chi connectivity index (χ0v) is 8.34. The van der Waals surface area contributed by atoms with Crippen molar-refractivity contribution in [2.24, 2.45) is 23.6 Å². The predicted octanol–water partition coefficient (Wildman–Crippen LogP) is 1.91. The van der Waals surface area contributed by atoms with Gasteiger partial charge in [0.1, 0.15) is 0 Å². The molecular weight excluding hydrogens is 148 g/mol. The Hall–Kier alpha value is -0.0800. The van der Waals surface area contributed by atoms with Crippen LogP contribution in [0.15, 0.2) is 0 Å². The number of hydrazine groups is 1. The lowest BCUT2D eigenvalue weighted by Gasteiger charge is -2.30. The molecule has 12 heavy (non-hydrogen) atoms. The standard InChI is InChI=1S/C10H22N2/c1-8(2)10-5-3-9(4-6-10)7-12-11/h8-10,12H,3-7,11H2,1-2H3. The fourth-order valence-corrected chi connectivity index (χ4v) is 2.23. The van der Waals surface area contributed by atoms with Crippen LogP contribution in [-0.2, 0) is 0 Å². The predicted molar refractivity (Wildman–Crippen MR) is 52.5 cm³/mol. The van der Waals surface area contributed by atoms with Crippen molar-refractivity contribution in [3.8, 4) is 0 Å². The van der Waals surface area contributed by atoms with Crippen LogP contribution in [0, 0.1) is 17.8 Å². The Morgan fingerprint density at radius 1 is 1.25 bits per heavy atom. The van der Waals surface area contributed by atoms with Gasteiger partial charge in [-0.15, -0.1) is 0 Å². The Morgan fingerprint density at radius 2 is 1.83 bits per heavy atom. The van der Waals surface area contributed by atoms with Crippen molar-refractivity contribution in [1.82, 2.24) is 5.43 Å². The van der Waals surface area contributed by atoms with Gasteiger partial charge >= 0.3 is 0 Å². The lowest BCUT2D eigenvalue weighted by atomic mass is 9.77. The number of hydrogen-bond donors (Lipinski definition) is 2. The molecule has 0 spiro atoms. The van der Waals surface area contributed by atoms with E-state index >= 15 is 0 Å². The van der Waals surface area contributed by atoms with Gasteiger partial charge in [0.15, 0.2) is 0 Å². The van der Waals surface area contributed by atoms with Gasteiger partial charge in [0.05, 0.1) is 0 Å². The van der Waals surface area contributed by atoms with E-state index in [-0.39, 0.29) is 0 Å². The van der Waals surface area contributed by atoms with Gasteiger partial charge in [-0.2, -0.15) is 0 Å². The average Bonchev–Trinajstić information content (AvgIpc) is 2.06. The smallest absolute Gasteiger partial charge is 0.0126 e. The van der Waals surface area contributed by atoms with Crippen molar-refractivity contribution in [3.63, 3.8) is 0 Å². The quantitative estimate of drug-likeness (QED) is 0.501. The Bertz CT molecular complexity index is 115. The van der Waals surface area contributed by atoms with E-state index in [1.807, 2.05) is 0 Å². The van der Waals surface area contributed by atoms with E-state index in [4.69, 9.17) is 5.84 Å². The molecule has 1 saturated carbocycles. The first kappa shape index (κ1) is 10.0. The normalized spacial score (nSPS) is 31.0. The molecule has 0 aromatic rings. The summed E-state index contributed by atoms with van der Waals surface area (Å²) in [6.45, 7) is 5.68. The molecule has 72 valence electrons. The second kappa shape index (κ2) is 4.83. The maximum atomic E-state index is 5.30. The van der Waals surface area contributed by atoms with E-state index < -0.39 is 0 Å². The first-order valence-electron chi connectivity index (χ1n) is 5.17. The number of nitrogens with two attached hydrogens (primary N) is 1. The number of rotatable bonds is 3. The first-order chi connectivity index (χ1) is 5.74. The summed E-state index contributed by atoms with van der Waals surface area (Å²) in [5.41, 5.74) is 2.78. The van der Waals surface area contributed by atoms with Gasteiger partial charge in [-0.05, 0) is 43.4 Å². The molecule has 2 heteroatoms. The van der Waals surface area contributed by atoms with Crippen LogP contribution in [0.25, 0.3) is 0 Å². The highest BCUT2D eigenvalue weighted by Gasteiger charge is 2.22. The Kier molecular flexibility index (Phi) is 4.02. The molecule has 0 saturated heterocycles. The highest BCUT2D eigenvalue weighted by atomic mass is 15.2. The molecule has 3 N–H and O–H groups in total. The SMILES string of the molecule is CC(C)C1CCC(CNN)CC1. The molecule has 1 fully saturated rings. The van der Waals surface area contributed by atoms with E-state index in [1.165, 1.54) is 25.7 Å².